The van der Waals surface area contributed by atoms with Gasteiger partial charge in [0.05, 0.1) is 12.3 Å². The van der Waals surface area contributed by atoms with Crippen LogP contribution in [0.5, 0.6) is 0 Å². The third-order valence-electron chi connectivity index (χ3n) is 4.87. The van der Waals surface area contributed by atoms with Crippen LogP contribution in [0, 0.1) is 13.8 Å². The Labute approximate surface area is 147 Å². The molecule has 25 heavy (non-hydrogen) atoms. The minimum absolute atomic E-state index is 0.337. The van der Waals surface area contributed by atoms with Crippen LogP contribution in [-0.2, 0) is 10.3 Å². The first-order chi connectivity index (χ1) is 12.1. The summed E-state index contributed by atoms with van der Waals surface area (Å²) in [4.78, 5) is 12.2. The first kappa shape index (κ1) is 17.4. The molecule has 0 aliphatic heterocycles. The SMILES string of the molecule is CCOC(=O)NC1(c2nnnn2-c2c(C)cccc2C)CCCCC1. The topological polar surface area (TPSA) is 81.9 Å². The van der Waals surface area contributed by atoms with Gasteiger partial charge in [-0.15, -0.1) is 5.10 Å². The van der Waals surface area contributed by atoms with Crippen molar-refractivity contribution in [1.82, 2.24) is 25.5 Å². The molecule has 0 unspecified atom stereocenters. The van der Waals surface area contributed by atoms with E-state index in [0.29, 0.717) is 12.4 Å². The summed E-state index contributed by atoms with van der Waals surface area (Å²) < 4.78 is 6.91. The van der Waals surface area contributed by atoms with E-state index in [1.807, 2.05) is 32.0 Å². The first-order valence-corrected chi connectivity index (χ1v) is 8.88. The number of para-hydroxylation sites is 1. The molecule has 1 aromatic heterocycles. The Morgan fingerprint density at radius 2 is 1.92 bits per heavy atom. The molecule has 0 spiro atoms. The number of tetrazole rings is 1. The lowest BCUT2D eigenvalue weighted by Crippen LogP contribution is -2.49. The van der Waals surface area contributed by atoms with Gasteiger partial charge in [-0.3, -0.25) is 0 Å². The quantitative estimate of drug-likeness (QED) is 0.922. The third-order valence-corrected chi connectivity index (χ3v) is 4.87. The molecule has 7 heteroatoms. The van der Waals surface area contributed by atoms with Crippen molar-refractivity contribution >= 4 is 6.09 Å². The number of rotatable bonds is 4. The van der Waals surface area contributed by atoms with E-state index in [1.54, 1.807) is 11.6 Å². The minimum atomic E-state index is -0.595. The molecule has 0 saturated heterocycles. The maximum absolute atomic E-state index is 12.2. The Hall–Kier alpha value is -2.44. The predicted octanol–water partition coefficient (Wildman–Crippen LogP) is 3.18. The van der Waals surface area contributed by atoms with Crippen LogP contribution < -0.4 is 5.32 Å². The summed E-state index contributed by atoms with van der Waals surface area (Å²) in [7, 11) is 0. The number of alkyl carbamates (subject to hydrolysis) is 1. The predicted molar refractivity (Wildman–Crippen MR) is 93.5 cm³/mol. The molecule has 1 amide bonds. The van der Waals surface area contributed by atoms with E-state index in [4.69, 9.17) is 4.74 Å². The van der Waals surface area contributed by atoms with E-state index in [2.05, 4.69) is 20.8 Å². The smallest absolute Gasteiger partial charge is 0.407 e. The van der Waals surface area contributed by atoms with Crippen molar-refractivity contribution in [3.05, 3.63) is 35.2 Å². The molecule has 1 aromatic carbocycles. The molecule has 0 bridgehead atoms. The number of hydrogen-bond donors (Lipinski definition) is 1. The molecule has 0 atom stereocenters. The van der Waals surface area contributed by atoms with Crippen molar-refractivity contribution in [2.24, 2.45) is 0 Å². The highest BCUT2D eigenvalue weighted by atomic mass is 16.5. The van der Waals surface area contributed by atoms with Crippen LogP contribution in [0.3, 0.4) is 0 Å². The van der Waals surface area contributed by atoms with Crippen molar-refractivity contribution < 1.29 is 9.53 Å². The summed E-state index contributed by atoms with van der Waals surface area (Å²) in [5.41, 5.74) is 2.56. The molecule has 1 fully saturated rings. The summed E-state index contributed by atoms with van der Waals surface area (Å²) in [6.07, 6.45) is 4.38. The largest absolute Gasteiger partial charge is 0.450 e. The highest BCUT2D eigenvalue weighted by molar-refractivity contribution is 5.68. The Kier molecular flexibility index (Phi) is 5.01. The summed E-state index contributed by atoms with van der Waals surface area (Å²) in [5, 5.41) is 15.5. The lowest BCUT2D eigenvalue weighted by Gasteiger charge is -2.36. The average Bonchev–Trinajstić information content (AvgIpc) is 3.06. The molecule has 1 saturated carbocycles. The molecule has 7 nitrogen and oxygen atoms in total. The number of benzene rings is 1. The fourth-order valence-corrected chi connectivity index (χ4v) is 3.70. The van der Waals surface area contributed by atoms with Crippen LogP contribution >= 0.6 is 0 Å². The lowest BCUT2D eigenvalue weighted by atomic mass is 9.81. The van der Waals surface area contributed by atoms with Crippen LogP contribution in [0.1, 0.15) is 56.0 Å². The van der Waals surface area contributed by atoms with Gasteiger partial charge in [0, 0.05) is 0 Å². The van der Waals surface area contributed by atoms with Crippen LogP contribution in [0.4, 0.5) is 4.79 Å². The number of nitrogens with one attached hydrogen (secondary N) is 1. The second kappa shape index (κ2) is 7.21. The molecule has 1 heterocycles. The zero-order valence-corrected chi connectivity index (χ0v) is 15.1. The number of nitrogens with zero attached hydrogens (tertiary/aromatic N) is 4. The van der Waals surface area contributed by atoms with Gasteiger partial charge in [0.1, 0.15) is 5.54 Å². The number of carbonyl (C=O) groups is 1. The molecule has 134 valence electrons. The van der Waals surface area contributed by atoms with Gasteiger partial charge in [0.15, 0.2) is 5.82 Å². The molecular weight excluding hydrogens is 318 g/mol. The van der Waals surface area contributed by atoms with Crippen LogP contribution in [0.15, 0.2) is 18.2 Å². The van der Waals surface area contributed by atoms with E-state index < -0.39 is 11.6 Å². The van der Waals surface area contributed by atoms with Crippen LogP contribution in [0.2, 0.25) is 0 Å². The Morgan fingerprint density at radius 1 is 1.24 bits per heavy atom. The van der Waals surface area contributed by atoms with Gasteiger partial charge in [-0.2, -0.15) is 4.68 Å². The number of aryl methyl sites for hydroxylation is 2. The van der Waals surface area contributed by atoms with Gasteiger partial charge in [-0.1, -0.05) is 37.5 Å². The number of amides is 1. The van der Waals surface area contributed by atoms with Crippen LogP contribution in [0.25, 0.3) is 5.69 Å². The fraction of sp³-hybridized carbons (Fsp3) is 0.556. The van der Waals surface area contributed by atoms with E-state index in [0.717, 1.165) is 48.9 Å². The van der Waals surface area contributed by atoms with Gasteiger partial charge in [-0.25, -0.2) is 4.79 Å². The van der Waals surface area contributed by atoms with Crippen molar-refractivity contribution in [3.8, 4) is 5.69 Å². The summed E-state index contributed by atoms with van der Waals surface area (Å²) in [5.74, 6) is 0.678. The van der Waals surface area contributed by atoms with Gasteiger partial charge in [0.2, 0.25) is 0 Å². The zero-order chi connectivity index (χ0) is 17.9. The van der Waals surface area contributed by atoms with Gasteiger partial charge in [0.25, 0.3) is 0 Å². The minimum Gasteiger partial charge on any atom is -0.450 e. The third kappa shape index (κ3) is 3.36. The van der Waals surface area contributed by atoms with E-state index in [9.17, 15) is 4.79 Å². The zero-order valence-electron chi connectivity index (χ0n) is 15.1. The molecule has 3 rings (SSSR count). The molecule has 1 aliphatic rings. The first-order valence-electron chi connectivity index (χ1n) is 8.88. The second-order valence-corrected chi connectivity index (χ2v) is 6.64. The summed E-state index contributed by atoms with van der Waals surface area (Å²) in [6.45, 7) is 6.22. The van der Waals surface area contributed by atoms with E-state index in [-0.39, 0.29) is 0 Å². The molecule has 2 aromatic rings. The molecular formula is C18H25N5O2. The number of aromatic nitrogens is 4. The molecule has 1 N–H and O–H groups in total. The van der Waals surface area contributed by atoms with E-state index in [1.165, 1.54) is 0 Å². The standard InChI is InChI=1S/C18H25N5O2/c1-4-25-17(24)19-18(11-6-5-7-12-18)16-20-21-22-23(16)15-13(2)9-8-10-14(15)3/h8-10H,4-7,11-12H2,1-3H3,(H,19,24). The van der Waals surface area contributed by atoms with Crippen molar-refractivity contribution in [3.63, 3.8) is 0 Å². The maximum atomic E-state index is 12.2. The summed E-state index contributed by atoms with van der Waals surface area (Å²) >= 11 is 0. The fourth-order valence-electron chi connectivity index (χ4n) is 3.70. The van der Waals surface area contributed by atoms with Gasteiger partial charge >= 0.3 is 6.09 Å². The number of ether oxygens (including phenoxy) is 1. The summed E-state index contributed by atoms with van der Waals surface area (Å²) in [6, 6.07) is 6.10. The maximum Gasteiger partial charge on any atom is 0.407 e. The van der Waals surface area contributed by atoms with Crippen LogP contribution in [-0.4, -0.2) is 32.9 Å². The second-order valence-electron chi connectivity index (χ2n) is 6.64. The van der Waals surface area contributed by atoms with Crippen molar-refractivity contribution in [2.75, 3.05) is 6.61 Å². The van der Waals surface area contributed by atoms with E-state index >= 15 is 0 Å². The normalized spacial score (nSPS) is 16.4. The average molecular weight is 343 g/mol. The number of hydrogen-bond acceptors (Lipinski definition) is 5. The lowest BCUT2D eigenvalue weighted by molar-refractivity contribution is 0.124. The van der Waals surface area contributed by atoms with Crippen molar-refractivity contribution in [2.45, 2.75) is 58.4 Å². The van der Waals surface area contributed by atoms with Gasteiger partial charge in [-0.05, 0) is 55.2 Å². The van der Waals surface area contributed by atoms with Crippen molar-refractivity contribution in [1.29, 1.82) is 0 Å². The Balaban J connectivity index is 2.06. The molecule has 0 radical (unpaired) electrons. The molecule has 1 aliphatic carbocycles. The number of carbonyl (C=O) groups excluding carboxylic acids is 1. The monoisotopic (exact) mass is 343 g/mol. The highest BCUT2D eigenvalue weighted by Gasteiger charge is 2.41. The highest BCUT2D eigenvalue weighted by Crippen LogP contribution is 2.37. The Bertz CT molecular complexity index is 729. The Morgan fingerprint density at radius 3 is 2.56 bits per heavy atom. The van der Waals surface area contributed by atoms with Gasteiger partial charge < -0.3 is 10.1 Å².